The van der Waals surface area contributed by atoms with E-state index in [-0.39, 0.29) is 0 Å². The molecule has 20 heavy (non-hydrogen) atoms. The number of nitrogens with zero attached hydrogens (tertiary/aromatic N) is 3. The van der Waals surface area contributed by atoms with Crippen molar-refractivity contribution in [3.8, 4) is 5.88 Å². The lowest BCUT2D eigenvalue weighted by molar-refractivity contribution is 0.263. The number of anilines is 2. The molecule has 0 saturated carbocycles. The van der Waals surface area contributed by atoms with E-state index in [9.17, 15) is 0 Å². The minimum absolute atomic E-state index is 0.422. The van der Waals surface area contributed by atoms with E-state index in [0.717, 1.165) is 0 Å². The number of nitrogen functional groups attached to an aromatic ring is 1. The summed E-state index contributed by atoms with van der Waals surface area (Å²) in [6.07, 6.45) is 2.02. The topological polar surface area (TPSA) is 99.1 Å². The van der Waals surface area contributed by atoms with Gasteiger partial charge in [0, 0.05) is 13.0 Å². The van der Waals surface area contributed by atoms with Crippen molar-refractivity contribution in [2.45, 2.75) is 20.3 Å². The summed E-state index contributed by atoms with van der Waals surface area (Å²) in [5, 5.41) is 6.71. The molecule has 0 aliphatic carbocycles. The van der Waals surface area contributed by atoms with E-state index in [1.807, 2.05) is 6.07 Å². The van der Waals surface area contributed by atoms with Crippen molar-refractivity contribution in [1.29, 1.82) is 0 Å². The van der Waals surface area contributed by atoms with Gasteiger partial charge in [0.15, 0.2) is 6.33 Å². The zero-order chi connectivity index (χ0) is 14.4. The Kier molecular flexibility index (Phi) is 4.75. The Labute approximate surface area is 117 Å². The van der Waals surface area contributed by atoms with Gasteiger partial charge in [-0.15, -0.1) is 0 Å². The summed E-state index contributed by atoms with van der Waals surface area (Å²) in [6, 6.07) is 3.59. The fraction of sp³-hybridized carbons (Fsp3) is 0.462. The first-order chi connectivity index (χ1) is 9.65. The van der Waals surface area contributed by atoms with Gasteiger partial charge < -0.3 is 20.3 Å². The van der Waals surface area contributed by atoms with Crippen LogP contribution in [0.4, 0.5) is 11.5 Å². The number of hydrogen-bond acceptors (Lipinski definition) is 7. The molecule has 0 atom stereocenters. The molecule has 0 saturated heterocycles. The van der Waals surface area contributed by atoms with E-state index in [1.165, 1.54) is 6.33 Å². The van der Waals surface area contributed by atoms with Crippen molar-refractivity contribution in [3.05, 3.63) is 24.4 Å². The zero-order valence-electron chi connectivity index (χ0n) is 11.7. The summed E-state index contributed by atoms with van der Waals surface area (Å²) in [4.78, 5) is 8.28. The summed E-state index contributed by atoms with van der Waals surface area (Å²) in [5.74, 6) is 2.17. The lowest BCUT2D eigenvalue weighted by atomic mass is 10.2. The summed E-state index contributed by atoms with van der Waals surface area (Å²) >= 11 is 0. The number of nitrogens with one attached hydrogen (secondary N) is 1. The van der Waals surface area contributed by atoms with Gasteiger partial charge in [0.1, 0.15) is 5.82 Å². The van der Waals surface area contributed by atoms with Gasteiger partial charge in [-0.25, -0.2) is 0 Å². The van der Waals surface area contributed by atoms with Gasteiger partial charge in [-0.2, -0.15) is 9.97 Å². The molecular weight excluding hydrogens is 258 g/mol. The highest BCUT2D eigenvalue weighted by molar-refractivity contribution is 5.53. The molecule has 108 valence electrons. The van der Waals surface area contributed by atoms with E-state index in [0.29, 0.717) is 48.8 Å². The lowest BCUT2D eigenvalue weighted by Crippen LogP contribution is -2.10. The fourth-order valence-corrected chi connectivity index (χ4v) is 1.51. The molecule has 7 nitrogen and oxygen atoms in total. The van der Waals surface area contributed by atoms with Crippen LogP contribution in [0.2, 0.25) is 0 Å². The van der Waals surface area contributed by atoms with Crippen LogP contribution in [0.15, 0.2) is 23.0 Å². The molecule has 0 aromatic carbocycles. The minimum atomic E-state index is 0.422. The molecule has 2 rings (SSSR count). The Morgan fingerprint density at radius 1 is 1.40 bits per heavy atom. The highest BCUT2D eigenvalue weighted by Gasteiger charge is 2.06. The second kappa shape index (κ2) is 6.74. The zero-order valence-corrected chi connectivity index (χ0v) is 11.7. The van der Waals surface area contributed by atoms with Crippen LogP contribution in [0, 0.1) is 5.92 Å². The second-order valence-corrected chi connectivity index (χ2v) is 4.81. The molecule has 0 amide bonds. The quantitative estimate of drug-likeness (QED) is 0.795. The normalized spacial score (nSPS) is 10.8. The van der Waals surface area contributed by atoms with Gasteiger partial charge in [0.05, 0.1) is 12.3 Å². The first-order valence-corrected chi connectivity index (χ1v) is 6.54. The Hall–Kier alpha value is -2.31. The van der Waals surface area contributed by atoms with Crippen molar-refractivity contribution in [2.24, 2.45) is 5.92 Å². The molecule has 0 unspecified atom stereocenters. The molecule has 0 fully saturated rings. The predicted octanol–water partition coefficient (Wildman–Crippen LogP) is 1.74. The van der Waals surface area contributed by atoms with Crippen molar-refractivity contribution in [3.63, 3.8) is 0 Å². The van der Waals surface area contributed by atoms with E-state index in [1.54, 1.807) is 6.07 Å². The second-order valence-electron chi connectivity index (χ2n) is 4.81. The third kappa shape index (κ3) is 4.11. The van der Waals surface area contributed by atoms with Gasteiger partial charge in [-0.3, -0.25) is 0 Å². The van der Waals surface area contributed by atoms with Gasteiger partial charge in [0.2, 0.25) is 11.8 Å². The van der Waals surface area contributed by atoms with Gasteiger partial charge in [-0.1, -0.05) is 19.0 Å². The standard InChI is InChI=1S/C13H19N5O2/c1-9(2)7-19-13-10(14)3-4-11(18-13)15-6-5-12-16-8-17-20-12/h3-4,8-9H,5-7,14H2,1-2H3,(H,15,18). The maximum Gasteiger partial charge on any atom is 0.239 e. The molecule has 0 bridgehead atoms. The van der Waals surface area contributed by atoms with Crippen LogP contribution in [0.25, 0.3) is 0 Å². The molecule has 2 heterocycles. The van der Waals surface area contributed by atoms with Crippen LogP contribution in [0.1, 0.15) is 19.7 Å². The Morgan fingerprint density at radius 3 is 2.95 bits per heavy atom. The highest BCUT2D eigenvalue weighted by Crippen LogP contribution is 2.21. The Bertz CT molecular complexity index is 528. The molecule has 0 aliphatic heterocycles. The summed E-state index contributed by atoms with van der Waals surface area (Å²) in [7, 11) is 0. The van der Waals surface area contributed by atoms with Crippen LogP contribution in [0.3, 0.4) is 0 Å². The molecule has 2 aromatic heterocycles. The number of nitrogens with two attached hydrogens (primary N) is 1. The number of rotatable bonds is 7. The van der Waals surface area contributed by atoms with E-state index in [2.05, 4.69) is 34.3 Å². The maximum atomic E-state index is 5.83. The third-order valence-corrected chi connectivity index (χ3v) is 2.50. The smallest absolute Gasteiger partial charge is 0.239 e. The predicted molar refractivity (Wildman–Crippen MR) is 75.5 cm³/mol. The maximum absolute atomic E-state index is 5.83. The number of ether oxygens (including phenoxy) is 1. The van der Waals surface area contributed by atoms with E-state index < -0.39 is 0 Å². The van der Waals surface area contributed by atoms with Crippen LogP contribution < -0.4 is 15.8 Å². The molecule has 2 aromatic rings. The van der Waals surface area contributed by atoms with Crippen molar-refractivity contribution < 1.29 is 9.26 Å². The first kappa shape index (κ1) is 14.1. The van der Waals surface area contributed by atoms with Crippen molar-refractivity contribution in [1.82, 2.24) is 15.1 Å². The van der Waals surface area contributed by atoms with Crippen molar-refractivity contribution in [2.75, 3.05) is 24.2 Å². The molecular formula is C13H19N5O2. The molecule has 0 radical (unpaired) electrons. The number of aromatic nitrogens is 3. The Morgan fingerprint density at radius 2 is 2.25 bits per heavy atom. The highest BCUT2D eigenvalue weighted by atomic mass is 16.5. The monoisotopic (exact) mass is 277 g/mol. The minimum Gasteiger partial charge on any atom is -0.476 e. The SMILES string of the molecule is CC(C)COc1nc(NCCc2ncno2)ccc1N. The lowest BCUT2D eigenvalue weighted by Gasteiger charge is -2.11. The molecule has 0 aliphatic rings. The average Bonchev–Trinajstić information content (AvgIpc) is 2.92. The van der Waals surface area contributed by atoms with Crippen LogP contribution in [-0.4, -0.2) is 28.3 Å². The van der Waals surface area contributed by atoms with E-state index in [4.69, 9.17) is 15.0 Å². The van der Waals surface area contributed by atoms with Gasteiger partial charge in [-0.05, 0) is 18.1 Å². The van der Waals surface area contributed by atoms with E-state index >= 15 is 0 Å². The van der Waals surface area contributed by atoms with Gasteiger partial charge in [0.25, 0.3) is 0 Å². The molecule has 7 heteroatoms. The molecule has 3 N–H and O–H groups in total. The van der Waals surface area contributed by atoms with Crippen molar-refractivity contribution >= 4 is 11.5 Å². The summed E-state index contributed by atoms with van der Waals surface area (Å²) < 4.78 is 10.5. The fourth-order valence-electron chi connectivity index (χ4n) is 1.51. The van der Waals surface area contributed by atoms with Crippen LogP contribution in [0.5, 0.6) is 5.88 Å². The first-order valence-electron chi connectivity index (χ1n) is 6.54. The third-order valence-electron chi connectivity index (χ3n) is 2.50. The molecule has 0 spiro atoms. The summed E-state index contributed by atoms with van der Waals surface area (Å²) in [6.45, 7) is 5.37. The number of pyridine rings is 1. The number of hydrogen-bond donors (Lipinski definition) is 2. The Balaban J connectivity index is 1.89. The van der Waals surface area contributed by atoms with Crippen LogP contribution >= 0.6 is 0 Å². The van der Waals surface area contributed by atoms with Gasteiger partial charge >= 0.3 is 0 Å². The summed E-state index contributed by atoms with van der Waals surface area (Å²) in [5.41, 5.74) is 6.37. The average molecular weight is 277 g/mol. The largest absolute Gasteiger partial charge is 0.476 e. The van der Waals surface area contributed by atoms with Crippen LogP contribution in [-0.2, 0) is 6.42 Å².